The number of halogens is 1. The van der Waals surface area contributed by atoms with Gasteiger partial charge in [0.05, 0.1) is 17.5 Å². The maximum Gasteiger partial charge on any atom is 0.325 e. The van der Waals surface area contributed by atoms with Crippen LogP contribution in [0.1, 0.15) is 39.9 Å². The van der Waals surface area contributed by atoms with Gasteiger partial charge in [-0.15, -0.1) is 0 Å². The van der Waals surface area contributed by atoms with Crippen molar-refractivity contribution in [2.75, 3.05) is 14.1 Å². The van der Waals surface area contributed by atoms with Crippen LogP contribution in [-0.4, -0.2) is 49.5 Å². The molecule has 5 rings (SSSR count). The lowest BCUT2D eigenvalue weighted by atomic mass is 10.0. The predicted molar refractivity (Wildman–Crippen MR) is 114 cm³/mol. The van der Waals surface area contributed by atoms with Crippen molar-refractivity contribution < 1.29 is 9.18 Å². The zero-order valence-electron chi connectivity index (χ0n) is 17.3. The van der Waals surface area contributed by atoms with Gasteiger partial charge in [-0.25, -0.2) is 18.7 Å². The average molecular weight is 434 g/mol. The SMILES string of the molecule is CN(C)C(=O)c1cn2nc(-c3c[nH]c(=O)[nH]c3=O)cc([C@H]3C[C@@H]3c3ccc(F)cc3)c2n1. The first-order valence-corrected chi connectivity index (χ1v) is 10.0. The van der Waals surface area contributed by atoms with Crippen LogP contribution in [0.4, 0.5) is 4.39 Å². The van der Waals surface area contributed by atoms with Crippen molar-refractivity contribution in [2.45, 2.75) is 18.3 Å². The Morgan fingerprint density at radius 3 is 2.62 bits per heavy atom. The smallest absolute Gasteiger partial charge is 0.325 e. The number of nitrogens with one attached hydrogen (secondary N) is 2. The number of H-pyrrole nitrogens is 2. The van der Waals surface area contributed by atoms with E-state index in [0.29, 0.717) is 11.3 Å². The van der Waals surface area contributed by atoms with E-state index in [-0.39, 0.29) is 34.8 Å². The van der Waals surface area contributed by atoms with E-state index in [1.54, 1.807) is 32.3 Å². The molecule has 3 aromatic heterocycles. The van der Waals surface area contributed by atoms with Gasteiger partial charge in [-0.1, -0.05) is 12.1 Å². The van der Waals surface area contributed by atoms with E-state index in [2.05, 4.69) is 20.1 Å². The molecule has 1 amide bonds. The molecule has 162 valence electrons. The molecule has 4 aromatic rings. The van der Waals surface area contributed by atoms with Crippen LogP contribution in [0.3, 0.4) is 0 Å². The lowest BCUT2D eigenvalue weighted by molar-refractivity contribution is 0.0822. The summed E-state index contributed by atoms with van der Waals surface area (Å²) in [5.74, 6) is -0.336. The number of hydrogen-bond acceptors (Lipinski definition) is 5. The number of nitrogens with zero attached hydrogens (tertiary/aromatic N) is 4. The Balaban J connectivity index is 1.65. The van der Waals surface area contributed by atoms with Gasteiger partial charge in [0.2, 0.25) is 0 Å². The highest BCUT2D eigenvalue weighted by Gasteiger charge is 2.41. The van der Waals surface area contributed by atoms with Crippen LogP contribution in [0, 0.1) is 5.82 Å². The Bertz CT molecular complexity index is 1470. The van der Waals surface area contributed by atoms with Crippen LogP contribution in [0.25, 0.3) is 16.9 Å². The van der Waals surface area contributed by atoms with Gasteiger partial charge in [0.1, 0.15) is 11.5 Å². The quantitative estimate of drug-likeness (QED) is 0.509. The van der Waals surface area contributed by atoms with E-state index in [9.17, 15) is 18.8 Å². The van der Waals surface area contributed by atoms with Crippen LogP contribution >= 0.6 is 0 Å². The average Bonchev–Trinajstić information content (AvgIpc) is 3.43. The summed E-state index contributed by atoms with van der Waals surface area (Å²) in [6.45, 7) is 0. The Morgan fingerprint density at radius 2 is 1.94 bits per heavy atom. The van der Waals surface area contributed by atoms with Crippen molar-refractivity contribution in [3.8, 4) is 11.3 Å². The van der Waals surface area contributed by atoms with Gasteiger partial charge in [0, 0.05) is 25.9 Å². The molecule has 10 heteroatoms. The molecule has 1 aliphatic rings. The molecule has 9 nitrogen and oxygen atoms in total. The van der Waals surface area contributed by atoms with E-state index in [1.807, 2.05) is 0 Å². The number of aromatic nitrogens is 5. The zero-order chi connectivity index (χ0) is 22.6. The minimum atomic E-state index is -0.611. The van der Waals surface area contributed by atoms with Crippen LogP contribution in [0.15, 0.2) is 52.3 Å². The third kappa shape index (κ3) is 3.39. The molecular weight excluding hydrogens is 415 g/mol. The van der Waals surface area contributed by atoms with E-state index in [4.69, 9.17) is 0 Å². The molecule has 0 saturated heterocycles. The number of imidazole rings is 1. The van der Waals surface area contributed by atoms with Crippen molar-refractivity contribution in [3.05, 3.63) is 86.2 Å². The highest BCUT2D eigenvalue weighted by atomic mass is 19.1. The van der Waals surface area contributed by atoms with Crippen LogP contribution in [0.5, 0.6) is 0 Å². The third-order valence-electron chi connectivity index (χ3n) is 5.66. The summed E-state index contributed by atoms with van der Waals surface area (Å²) in [5.41, 5.74) is 1.95. The number of fused-ring (bicyclic) bond motifs is 1. The number of carbonyl (C=O) groups excluding carboxylic acids is 1. The standard InChI is InChI=1S/C22H19FN6O3/c1-28(2)21(31)18-10-29-19(25-18)15(14-7-13(14)11-3-5-12(23)6-4-11)8-17(27-29)16-9-24-22(32)26-20(16)30/h3-6,8-10,13-14H,7H2,1-2H3,(H2,24,26,30,32)/t13-,14+/m1/s1. The molecular formula is C22H19FN6O3. The molecule has 1 aromatic carbocycles. The summed E-state index contributed by atoms with van der Waals surface area (Å²) >= 11 is 0. The predicted octanol–water partition coefficient (Wildman–Crippen LogP) is 1.88. The summed E-state index contributed by atoms with van der Waals surface area (Å²) in [4.78, 5) is 46.8. The second-order valence-electron chi connectivity index (χ2n) is 8.06. The topological polar surface area (TPSA) is 116 Å². The highest BCUT2D eigenvalue weighted by Crippen LogP contribution is 2.55. The molecule has 3 heterocycles. The Kier molecular flexibility index (Phi) is 4.50. The van der Waals surface area contributed by atoms with Crippen molar-refractivity contribution >= 4 is 11.6 Å². The number of rotatable bonds is 4. The third-order valence-corrected chi connectivity index (χ3v) is 5.66. The Labute approximate surface area is 180 Å². The van der Waals surface area contributed by atoms with Crippen LogP contribution in [-0.2, 0) is 0 Å². The first-order chi connectivity index (χ1) is 15.3. The summed E-state index contributed by atoms with van der Waals surface area (Å²) in [6.07, 6.45) is 3.66. The summed E-state index contributed by atoms with van der Waals surface area (Å²) in [5, 5.41) is 4.47. The molecule has 0 bridgehead atoms. The molecule has 0 aliphatic heterocycles. The van der Waals surface area contributed by atoms with E-state index in [1.165, 1.54) is 33.9 Å². The van der Waals surface area contributed by atoms with Crippen molar-refractivity contribution in [2.24, 2.45) is 0 Å². The molecule has 0 unspecified atom stereocenters. The maximum atomic E-state index is 13.3. The van der Waals surface area contributed by atoms with Crippen LogP contribution in [0.2, 0.25) is 0 Å². The number of carbonyl (C=O) groups is 1. The molecule has 1 aliphatic carbocycles. The monoisotopic (exact) mass is 434 g/mol. The molecule has 32 heavy (non-hydrogen) atoms. The normalized spacial score (nSPS) is 17.5. The maximum absolute atomic E-state index is 13.3. The van der Waals surface area contributed by atoms with Crippen molar-refractivity contribution in [3.63, 3.8) is 0 Å². The minimum Gasteiger partial charge on any atom is -0.343 e. The number of amides is 1. The number of benzene rings is 1. The van der Waals surface area contributed by atoms with E-state index >= 15 is 0 Å². The molecule has 0 spiro atoms. The van der Waals surface area contributed by atoms with Gasteiger partial charge < -0.3 is 9.88 Å². The minimum absolute atomic E-state index is 0.0660. The van der Waals surface area contributed by atoms with Gasteiger partial charge in [0.15, 0.2) is 5.65 Å². The lowest BCUT2D eigenvalue weighted by Crippen LogP contribution is -2.23. The van der Waals surface area contributed by atoms with Gasteiger partial charge in [-0.2, -0.15) is 5.10 Å². The van der Waals surface area contributed by atoms with Gasteiger partial charge in [0.25, 0.3) is 11.5 Å². The van der Waals surface area contributed by atoms with Crippen LogP contribution < -0.4 is 11.2 Å². The molecule has 0 radical (unpaired) electrons. The summed E-state index contributed by atoms with van der Waals surface area (Å²) < 4.78 is 14.8. The molecule has 2 atom stereocenters. The van der Waals surface area contributed by atoms with E-state index in [0.717, 1.165) is 17.5 Å². The lowest BCUT2D eigenvalue weighted by Gasteiger charge is -2.07. The largest absolute Gasteiger partial charge is 0.343 e. The summed E-state index contributed by atoms with van der Waals surface area (Å²) in [7, 11) is 3.27. The Morgan fingerprint density at radius 1 is 1.19 bits per heavy atom. The van der Waals surface area contributed by atoms with E-state index < -0.39 is 11.2 Å². The zero-order valence-corrected chi connectivity index (χ0v) is 17.3. The highest BCUT2D eigenvalue weighted by molar-refractivity contribution is 5.92. The Hall–Kier alpha value is -4.08. The molecule has 1 saturated carbocycles. The first kappa shape index (κ1) is 19.9. The van der Waals surface area contributed by atoms with Gasteiger partial charge >= 0.3 is 5.69 Å². The van der Waals surface area contributed by atoms with Gasteiger partial charge in [-0.3, -0.25) is 14.6 Å². The van der Waals surface area contributed by atoms with Crippen molar-refractivity contribution in [1.82, 2.24) is 29.5 Å². The fourth-order valence-corrected chi connectivity index (χ4v) is 3.95. The fourth-order valence-electron chi connectivity index (χ4n) is 3.95. The second-order valence-corrected chi connectivity index (χ2v) is 8.06. The summed E-state index contributed by atoms with van der Waals surface area (Å²) in [6, 6.07) is 8.16. The number of hydrogen-bond donors (Lipinski definition) is 2. The van der Waals surface area contributed by atoms with Gasteiger partial charge in [-0.05, 0) is 42.0 Å². The van der Waals surface area contributed by atoms with Crippen molar-refractivity contribution in [1.29, 1.82) is 0 Å². The molecule has 1 fully saturated rings. The second kappa shape index (κ2) is 7.26. The molecule has 2 N–H and O–H groups in total. The fraction of sp³-hybridized carbons (Fsp3) is 0.227. The first-order valence-electron chi connectivity index (χ1n) is 10.0. The number of aromatic amines is 2.